The standard InChI is InChI=1S/C11H15NO2/c1-4-14-11-8-6-5-7-10(11)12(3)9(2)13/h5-8H,4H2,1-3H3. The van der Waals surface area contributed by atoms with E-state index in [0.717, 1.165) is 11.4 Å². The first kappa shape index (κ1) is 10.6. The third-order valence-corrected chi connectivity index (χ3v) is 2.00. The maximum atomic E-state index is 11.2. The molecule has 1 aromatic rings. The van der Waals surface area contributed by atoms with E-state index in [0.29, 0.717) is 6.61 Å². The van der Waals surface area contributed by atoms with Gasteiger partial charge in [-0.15, -0.1) is 0 Å². The number of ether oxygens (including phenoxy) is 1. The van der Waals surface area contributed by atoms with Crippen molar-refractivity contribution in [2.45, 2.75) is 13.8 Å². The Labute approximate surface area is 84.3 Å². The molecule has 14 heavy (non-hydrogen) atoms. The molecule has 0 aromatic heterocycles. The highest BCUT2D eigenvalue weighted by Crippen LogP contribution is 2.26. The van der Waals surface area contributed by atoms with Gasteiger partial charge in [0.25, 0.3) is 0 Å². The summed E-state index contributed by atoms with van der Waals surface area (Å²) in [7, 11) is 1.74. The molecule has 3 heteroatoms. The molecule has 76 valence electrons. The van der Waals surface area contributed by atoms with Gasteiger partial charge in [0.15, 0.2) is 0 Å². The molecule has 1 aromatic carbocycles. The zero-order chi connectivity index (χ0) is 10.6. The van der Waals surface area contributed by atoms with Crippen LogP contribution in [0.4, 0.5) is 5.69 Å². The second-order valence-corrected chi connectivity index (χ2v) is 2.98. The van der Waals surface area contributed by atoms with Gasteiger partial charge in [0.2, 0.25) is 5.91 Å². The predicted molar refractivity (Wildman–Crippen MR) is 56.7 cm³/mol. The Morgan fingerprint density at radius 1 is 1.43 bits per heavy atom. The summed E-state index contributed by atoms with van der Waals surface area (Å²) in [6, 6.07) is 7.50. The predicted octanol–water partition coefficient (Wildman–Crippen LogP) is 2.07. The molecule has 0 radical (unpaired) electrons. The van der Waals surface area contributed by atoms with E-state index in [1.165, 1.54) is 6.92 Å². The van der Waals surface area contributed by atoms with Crippen LogP contribution in [-0.4, -0.2) is 19.6 Å². The summed E-state index contributed by atoms with van der Waals surface area (Å²) in [5, 5.41) is 0. The SMILES string of the molecule is CCOc1ccccc1N(C)C(C)=O. The monoisotopic (exact) mass is 193 g/mol. The van der Waals surface area contributed by atoms with Crippen molar-refractivity contribution in [3.8, 4) is 5.75 Å². The minimum Gasteiger partial charge on any atom is -0.492 e. The first-order valence-electron chi connectivity index (χ1n) is 4.63. The van der Waals surface area contributed by atoms with E-state index in [1.54, 1.807) is 11.9 Å². The smallest absolute Gasteiger partial charge is 0.223 e. The van der Waals surface area contributed by atoms with Crippen molar-refractivity contribution in [1.29, 1.82) is 0 Å². The van der Waals surface area contributed by atoms with Crippen molar-refractivity contribution < 1.29 is 9.53 Å². The van der Waals surface area contributed by atoms with Crippen LogP contribution < -0.4 is 9.64 Å². The van der Waals surface area contributed by atoms with Crippen LogP contribution in [-0.2, 0) is 4.79 Å². The number of amides is 1. The van der Waals surface area contributed by atoms with Crippen LogP contribution in [0, 0.1) is 0 Å². The number of hydrogen-bond donors (Lipinski definition) is 0. The maximum absolute atomic E-state index is 11.2. The lowest BCUT2D eigenvalue weighted by molar-refractivity contribution is -0.116. The largest absolute Gasteiger partial charge is 0.492 e. The lowest BCUT2D eigenvalue weighted by Crippen LogP contribution is -2.23. The van der Waals surface area contributed by atoms with Crippen LogP contribution in [0.25, 0.3) is 0 Å². The molecule has 0 atom stereocenters. The Morgan fingerprint density at radius 2 is 2.07 bits per heavy atom. The number of carbonyl (C=O) groups is 1. The normalized spacial score (nSPS) is 9.64. The van der Waals surface area contributed by atoms with Crippen molar-refractivity contribution in [2.75, 3.05) is 18.6 Å². The summed E-state index contributed by atoms with van der Waals surface area (Å²) < 4.78 is 5.41. The van der Waals surface area contributed by atoms with Gasteiger partial charge in [-0.2, -0.15) is 0 Å². The van der Waals surface area contributed by atoms with Crippen molar-refractivity contribution in [2.24, 2.45) is 0 Å². The summed E-state index contributed by atoms with van der Waals surface area (Å²) in [4.78, 5) is 12.7. The summed E-state index contributed by atoms with van der Waals surface area (Å²) in [6.07, 6.45) is 0. The van der Waals surface area contributed by atoms with Gasteiger partial charge < -0.3 is 9.64 Å². The molecule has 0 aliphatic heterocycles. The Kier molecular flexibility index (Phi) is 3.51. The third-order valence-electron chi connectivity index (χ3n) is 2.00. The molecule has 0 unspecified atom stereocenters. The van der Waals surface area contributed by atoms with Crippen molar-refractivity contribution in [3.05, 3.63) is 24.3 Å². The van der Waals surface area contributed by atoms with E-state index in [2.05, 4.69) is 0 Å². The van der Waals surface area contributed by atoms with Gasteiger partial charge in [0, 0.05) is 14.0 Å². The van der Waals surface area contributed by atoms with Gasteiger partial charge in [0.1, 0.15) is 5.75 Å². The maximum Gasteiger partial charge on any atom is 0.223 e. The van der Waals surface area contributed by atoms with Crippen LogP contribution in [0.1, 0.15) is 13.8 Å². The Balaban J connectivity index is 3.00. The summed E-state index contributed by atoms with van der Waals surface area (Å²) in [5.41, 5.74) is 0.807. The fourth-order valence-corrected chi connectivity index (χ4v) is 1.18. The Morgan fingerprint density at radius 3 is 2.64 bits per heavy atom. The molecule has 0 spiro atoms. The minimum absolute atomic E-state index is 0.00264. The summed E-state index contributed by atoms with van der Waals surface area (Å²) in [5.74, 6) is 0.741. The number of carbonyl (C=O) groups excluding carboxylic acids is 1. The molecule has 0 bridgehead atoms. The minimum atomic E-state index is -0.00264. The molecule has 1 amide bonds. The van der Waals surface area contributed by atoms with Gasteiger partial charge in [-0.3, -0.25) is 4.79 Å². The zero-order valence-corrected chi connectivity index (χ0v) is 8.78. The number of nitrogens with zero attached hydrogens (tertiary/aromatic N) is 1. The molecule has 0 N–H and O–H groups in total. The van der Waals surface area contributed by atoms with Crippen molar-refractivity contribution in [1.82, 2.24) is 0 Å². The van der Waals surface area contributed by atoms with E-state index in [4.69, 9.17) is 4.74 Å². The van der Waals surface area contributed by atoms with Crippen LogP contribution >= 0.6 is 0 Å². The van der Waals surface area contributed by atoms with Gasteiger partial charge in [0.05, 0.1) is 12.3 Å². The highest BCUT2D eigenvalue weighted by atomic mass is 16.5. The molecule has 0 aliphatic rings. The molecule has 0 aliphatic carbocycles. The zero-order valence-electron chi connectivity index (χ0n) is 8.78. The number of hydrogen-bond acceptors (Lipinski definition) is 2. The average Bonchev–Trinajstić information content (AvgIpc) is 2.18. The first-order valence-corrected chi connectivity index (χ1v) is 4.63. The molecular formula is C11H15NO2. The molecule has 0 heterocycles. The van der Waals surface area contributed by atoms with E-state index in [9.17, 15) is 4.79 Å². The highest BCUT2D eigenvalue weighted by molar-refractivity contribution is 5.92. The average molecular weight is 193 g/mol. The highest BCUT2D eigenvalue weighted by Gasteiger charge is 2.10. The lowest BCUT2D eigenvalue weighted by atomic mass is 10.2. The fourth-order valence-electron chi connectivity index (χ4n) is 1.18. The fraction of sp³-hybridized carbons (Fsp3) is 0.364. The second-order valence-electron chi connectivity index (χ2n) is 2.98. The van der Waals surface area contributed by atoms with E-state index >= 15 is 0 Å². The van der Waals surface area contributed by atoms with Crippen LogP contribution in [0.3, 0.4) is 0 Å². The summed E-state index contributed by atoms with van der Waals surface area (Å²) >= 11 is 0. The molecule has 3 nitrogen and oxygen atoms in total. The number of rotatable bonds is 3. The van der Waals surface area contributed by atoms with E-state index < -0.39 is 0 Å². The first-order chi connectivity index (χ1) is 6.66. The van der Waals surface area contributed by atoms with Gasteiger partial charge in [-0.05, 0) is 19.1 Å². The lowest BCUT2D eigenvalue weighted by Gasteiger charge is -2.18. The van der Waals surface area contributed by atoms with Gasteiger partial charge in [-0.1, -0.05) is 12.1 Å². The summed E-state index contributed by atoms with van der Waals surface area (Å²) in [6.45, 7) is 4.05. The molecule has 1 rings (SSSR count). The van der Waals surface area contributed by atoms with Crippen LogP contribution in [0.5, 0.6) is 5.75 Å². The molecule has 0 fully saturated rings. The Hall–Kier alpha value is -1.51. The van der Waals surface area contributed by atoms with Crippen LogP contribution in [0.2, 0.25) is 0 Å². The number of para-hydroxylation sites is 2. The molecular weight excluding hydrogens is 178 g/mol. The number of benzene rings is 1. The van der Waals surface area contributed by atoms with E-state index in [1.807, 2.05) is 31.2 Å². The van der Waals surface area contributed by atoms with Crippen molar-refractivity contribution in [3.63, 3.8) is 0 Å². The van der Waals surface area contributed by atoms with Gasteiger partial charge >= 0.3 is 0 Å². The number of anilines is 1. The van der Waals surface area contributed by atoms with Crippen LogP contribution in [0.15, 0.2) is 24.3 Å². The second kappa shape index (κ2) is 4.65. The van der Waals surface area contributed by atoms with Gasteiger partial charge in [-0.25, -0.2) is 0 Å². The molecule has 0 saturated carbocycles. The topological polar surface area (TPSA) is 29.5 Å². The molecule has 0 saturated heterocycles. The van der Waals surface area contributed by atoms with Crippen molar-refractivity contribution >= 4 is 11.6 Å². The van der Waals surface area contributed by atoms with E-state index in [-0.39, 0.29) is 5.91 Å². The Bertz CT molecular complexity index is 323. The third kappa shape index (κ3) is 2.25. The quantitative estimate of drug-likeness (QED) is 0.735.